The van der Waals surface area contributed by atoms with E-state index in [1.165, 1.54) is 0 Å². The van der Waals surface area contributed by atoms with Crippen molar-refractivity contribution in [1.82, 2.24) is 5.32 Å². The molecule has 0 spiro atoms. The molecule has 2 aromatic carbocycles. The van der Waals surface area contributed by atoms with Gasteiger partial charge in [-0.3, -0.25) is 4.79 Å². The number of ether oxygens (including phenoxy) is 1. The molecule has 0 aliphatic rings. The standard InChI is InChI=1S/C18H23NO2/c1-13(2)11-12-19-18(20)14(3)21-17-10-6-8-15-7-4-5-9-16(15)17/h4-10,13-14H,11-12H2,1-3H3,(H,19,20)/t14-/m0/s1. The number of nitrogens with one attached hydrogen (secondary N) is 1. The number of amides is 1. The second kappa shape index (κ2) is 7.11. The third-order valence-corrected chi connectivity index (χ3v) is 3.44. The van der Waals surface area contributed by atoms with E-state index in [1.807, 2.05) is 42.5 Å². The maximum absolute atomic E-state index is 12.0. The Balaban J connectivity index is 2.01. The minimum absolute atomic E-state index is 0.0661. The number of benzene rings is 2. The van der Waals surface area contributed by atoms with Crippen molar-refractivity contribution < 1.29 is 9.53 Å². The third-order valence-electron chi connectivity index (χ3n) is 3.44. The molecule has 1 amide bonds. The second-order valence-electron chi connectivity index (χ2n) is 5.71. The lowest BCUT2D eigenvalue weighted by molar-refractivity contribution is -0.127. The first-order chi connectivity index (χ1) is 10.1. The van der Waals surface area contributed by atoms with Crippen LogP contribution in [0, 0.1) is 5.92 Å². The number of hydrogen-bond acceptors (Lipinski definition) is 2. The molecule has 1 atom stereocenters. The van der Waals surface area contributed by atoms with Crippen LogP contribution in [0.1, 0.15) is 27.2 Å². The fourth-order valence-corrected chi connectivity index (χ4v) is 2.17. The van der Waals surface area contributed by atoms with Crippen LogP contribution in [0.4, 0.5) is 0 Å². The van der Waals surface area contributed by atoms with Gasteiger partial charge in [-0.05, 0) is 30.7 Å². The first kappa shape index (κ1) is 15.4. The van der Waals surface area contributed by atoms with Crippen LogP contribution < -0.4 is 10.1 Å². The summed E-state index contributed by atoms with van der Waals surface area (Å²) in [6.07, 6.45) is 0.482. The van der Waals surface area contributed by atoms with Crippen molar-refractivity contribution >= 4 is 16.7 Å². The van der Waals surface area contributed by atoms with Crippen LogP contribution in [0.5, 0.6) is 5.75 Å². The first-order valence-corrected chi connectivity index (χ1v) is 7.50. The van der Waals surface area contributed by atoms with E-state index in [-0.39, 0.29) is 5.91 Å². The Bertz CT molecular complexity index is 602. The molecule has 0 radical (unpaired) electrons. The Morgan fingerprint density at radius 2 is 1.81 bits per heavy atom. The molecule has 2 aromatic rings. The molecule has 0 fully saturated rings. The molecule has 0 saturated carbocycles. The van der Waals surface area contributed by atoms with Crippen molar-refractivity contribution in [3.8, 4) is 5.75 Å². The molecule has 0 heterocycles. The summed E-state index contributed by atoms with van der Waals surface area (Å²) in [7, 11) is 0. The van der Waals surface area contributed by atoms with Gasteiger partial charge in [0.2, 0.25) is 0 Å². The molecule has 0 aliphatic carbocycles. The van der Waals surface area contributed by atoms with Crippen molar-refractivity contribution in [2.24, 2.45) is 5.92 Å². The summed E-state index contributed by atoms with van der Waals surface area (Å²) in [4.78, 5) is 12.0. The van der Waals surface area contributed by atoms with E-state index in [0.29, 0.717) is 12.5 Å². The average Bonchev–Trinajstić information content (AvgIpc) is 2.47. The van der Waals surface area contributed by atoms with Gasteiger partial charge in [0.25, 0.3) is 5.91 Å². The molecule has 0 aromatic heterocycles. The molecular formula is C18H23NO2. The van der Waals surface area contributed by atoms with Gasteiger partial charge in [-0.15, -0.1) is 0 Å². The van der Waals surface area contributed by atoms with Gasteiger partial charge in [0.15, 0.2) is 6.10 Å². The smallest absolute Gasteiger partial charge is 0.260 e. The van der Waals surface area contributed by atoms with Gasteiger partial charge < -0.3 is 10.1 Å². The molecule has 112 valence electrons. The van der Waals surface area contributed by atoms with Crippen molar-refractivity contribution in [3.05, 3.63) is 42.5 Å². The van der Waals surface area contributed by atoms with Crippen LogP contribution in [0.25, 0.3) is 10.8 Å². The van der Waals surface area contributed by atoms with Gasteiger partial charge in [0.1, 0.15) is 5.75 Å². The van der Waals surface area contributed by atoms with E-state index >= 15 is 0 Å². The molecule has 0 bridgehead atoms. The topological polar surface area (TPSA) is 38.3 Å². The van der Waals surface area contributed by atoms with E-state index in [2.05, 4.69) is 19.2 Å². The van der Waals surface area contributed by atoms with Crippen LogP contribution in [-0.4, -0.2) is 18.6 Å². The second-order valence-corrected chi connectivity index (χ2v) is 5.71. The number of fused-ring (bicyclic) bond motifs is 1. The zero-order valence-corrected chi connectivity index (χ0v) is 12.9. The van der Waals surface area contributed by atoms with E-state index < -0.39 is 6.10 Å². The Morgan fingerprint density at radius 3 is 2.57 bits per heavy atom. The Morgan fingerprint density at radius 1 is 1.10 bits per heavy atom. The Labute approximate surface area is 126 Å². The van der Waals surface area contributed by atoms with Crippen molar-refractivity contribution in [2.75, 3.05) is 6.54 Å². The average molecular weight is 285 g/mol. The molecule has 1 N–H and O–H groups in total. The van der Waals surface area contributed by atoms with Gasteiger partial charge in [-0.25, -0.2) is 0 Å². The monoisotopic (exact) mass is 285 g/mol. The predicted octanol–water partition coefficient (Wildman–Crippen LogP) is 3.77. The lowest BCUT2D eigenvalue weighted by atomic mass is 10.1. The fraction of sp³-hybridized carbons (Fsp3) is 0.389. The fourth-order valence-electron chi connectivity index (χ4n) is 2.17. The maximum Gasteiger partial charge on any atom is 0.260 e. The first-order valence-electron chi connectivity index (χ1n) is 7.50. The summed E-state index contributed by atoms with van der Waals surface area (Å²) in [5, 5.41) is 5.06. The summed E-state index contributed by atoms with van der Waals surface area (Å²) in [5.74, 6) is 1.27. The van der Waals surface area contributed by atoms with Gasteiger partial charge >= 0.3 is 0 Å². The van der Waals surface area contributed by atoms with E-state index in [4.69, 9.17) is 4.74 Å². The van der Waals surface area contributed by atoms with E-state index in [1.54, 1.807) is 6.92 Å². The molecular weight excluding hydrogens is 262 g/mol. The number of rotatable bonds is 6. The molecule has 0 saturated heterocycles. The highest BCUT2D eigenvalue weighted by atomic mass is 16.5. The largest absolute Gasteiger partial charge is 0.480 e. The number of hydrogen-bond donors (Lipinski definition) is 1. The molecule has 0 aliphatic heterocycles. The van der Waals surface area contributed by atoms with Crippen LogP contribution in [0.2, 0.25) is 0 Å². The predicted molar refractivity (Wildman–Crippen MR) is 86.5 cm³/mol. The zero-order chi connectivity index (χ0) is 15.2. The van der Waals surface area contributed by atoms with Gasteiger partial charge in [0.05, 0.1) is 0 Å². The van der Waals surface area contributed by atoms with Crippen LogP contribution in [-0.2, 0) is 4.79 Å². The molecule has 0 unspecified atom stereocenters. The van der Waals surface area contributed by atoms with Crippen LogP contribution >= 0.6 is 0 Å². The summed E-state index contributed by atoms with van der Waals surface area (Å²) < 4.78 is 5.83. The van der Waals surface area contributed by atoms with Gasteiger partial charge in [-0.2, -0.15) is 0 Å². The Kier molecular flexibility index (Phi) is 5.20. The molecule has 21 heavy (non-hydrogen) atoms. The number of carbonyl (C=O) groups excluding carboxylic acids is 1. The Hall–Kier alpha value is -2.03. The minimum atomic E-state index is -0.497. The highest BCUT2D eigenvalue weighted by Gasteiger charge is 2.15. The maximum atomic E-state index is 12.0. The quantitative estimate of drug-likeness (QED) is 0.877. The lowest BCUT2D eigenvalue weighted by Crippen LogP contribution is -2.37. The highest BCUT2D eigenvalue weighted by molar-refractivity contribution is 5.89. The van der Waals surface area contributed by atoms with Crippen molar-refractivity contribution in [1.29, 1.82) is 0 Å². The van der Waals surface area contributed by atoms with Gasteiger partial charge in [0, 0.05) is 11.9 Å². The minimum Gasteiger partial charge on any atom is -0.480 e. The normalized spacial score (nSPS) is 12.4. The summed E-state index contributed by atoms with van der Waals surface area (Å²) >= 11 is 0. The number of carbonyl (C=O) groups is 1. The zero-order valence-electron chi connectivity index (χ0n) is 12.9. The van der Waals surface area contributed by atoms with Crippen molar-refractivity contribution in [3.63, 3.8) is 0 Å². The molecule has 3 nitrogen and oxygen atoms in total. The lowest BCUT2D eigenvalue weighted by Gasteiger charge is -2.16. The van der Waals surface area contributed by atoms with Crippen LogP contribution in [0.3, 0.4) is 0 Å². The third kappa shape index (κ3) is 4.22. The van der Waals surface area contributed by atoms with Gasteiger partial charge in [-0.1, -0.05) is 50.2 Å². The molecule has 2 rings (SSSR count). The van der Waals surface area contributed by atoms with E-state index in [9.17, 15) is 4.79 Å². The van der Waals surface area contributed by atoms with E-state index in [0.717, 1.165) is 22.9 Å². The summed E-state index contributed by atoms with van der Waals surface area (Å²) in [6, 6.07) is 13.9. The summed E-state index contributed by atoms with van der Waals surface area (Å²) in [6.45, 7) is 6.76. The molecule has 3 heteroatoms. The highest BCUT2D eigenvalue weighted by Crippen LogP contribution is 2.25. The summed E-state index contributed by atoms with van der Waals surface area (Å²) in [5.41, 5.74) is 0. The SMILES string of the molecule is CC(C)CCNC(=O)[C@H](C)Oc1cccc2ccccc12. The van der Waals surface area contributed by atoms with Crippen LogP contribution in [0.15, 0.2) is 42.5 Å². The van der Waals surface area contributed by atoms with Crippen molar-refractivity contribution in [2.45, 2.75) is 33.3 Å².